The number of likely N-dealkylation sites (tertiary alicyclic amines) is 1. The Morgan fingerprint density at radius 2 is 1.96 bits per heavy atom. The van der Waals surface area contributed by atoms with E-state index < -0.39 is 18.1 Å². The fourth-order valence-corrected chi connectivity index (χ4v) is 3.04. The minimum atomic E-state index is -1.02. The van der Waals surface area contributed by atoms with Crippen LogP contribution < -0.4 is 10.5 Å². The lowest BCUT2D eigenvalue weighted by atomic mass is 10.1. The number of nitrogens with zero attached hydrogens (tertiary/aromatic N) is 1. The van der Waals surface area contributed by atoms with E-state index in [-0.39, 0.29) is 25.4 Å². The third-order valence-corrected chi connectivity index (χ3v) is 4.28. The Morgan fingerprint density at radius 3 is 2.64 bits per heavy atom. The normalized spacial score (nSPS) is 20.6. The fourth-order valence-electron chi connectivity index (χ4n) is 3.04. The monoisotopic (exact) mass is 346 g/mol. The van der Waals surface area contributed by atoms with Gasteiger partial charge in [0, 0.05) is 19.5 Å². The van der Waals surface area contributed by atoms with Crippen LogP contribution in [0, 0.1) is 5.82 Å². The maximum atomic E-state index is 13.5. The van der Waals surface area contributed by atoms with Gasteiger partial charge in [-0.1, -0.05) is 24.3 Å². The van der Waals surface area contributed by atoms with Crippen molar-refractivity contribution in [1.29, 1.82) is 0 Å². The number of hydrogen-bond acceptors (Lipinski definition) is 3. The molecule has 1 aliphatic heterocycles. The van der Waals surface area contributed by atoms with Crippen molar-refractivity contribution >= 4 is 5.91 Å². The molecular weight excluding hydrogens is 326 g/mol. The molecular formula is C19H20F2N2O2. The van der Waals surface area contributed by atoms with E-state index >= 15 is 0 Å². The Labute approximate surface area is 145 Å². The predicted molar refractivity (Wildman–Crippen MR) is 90.1 cm³/mol. The smallest absolute Gasteiger partial charge is 0.234 e. The molecule has 2 aromatic rings. The van der Waals surface area contributed by atoms with Gasteiger partial charge in [-0.15, -0.1) is 0 Å². The number of halogens is 2. The summed E-state index contributed by atoms with van der Waals surface area (Å²) in [5.41, 5.74) is 7.03. The molecule has 1 unspecified atom stereocenters. The van der Waals surface area contributed by atoms with Gasteiger partial charge in [-0.25, -0.2) is 8.78 Å². The van der Waals surface area contributed by atoms with E-state index in [1.807, 2.05) is 12.1 Å². The Hall–Kier alpha value is -2.47. The molecule has 0 aliphatic carbocycles. The molecule has 0 aromatic heterocycles. The molecule has 0 radical (unpaired) electrons. The molecule has 0 bridgehead atoms. The second kappa shape index (κ2) is 7.61. The second-order valence-corrected chi connectivity index (χ2v) is 6.24. The van der Waals surface area contributed by atoms with E-state index in [4.69, 9.17) is 10.5 Å². The van der Waals surface area contributed by atoms with Gasteiger partial charge in [-0.05, 0) is 35.4 Å². The highest BCUT2D eigenvalue weighted by molar-refractivity contribution is 5.80. The van der Waals surface area contributed by atoms with Crippen LogP contribution in [0.3, 0.4) is 0 Å². The zero-order valence-corrected chi connectivity index (χ0v) is 13.7. The molecule has 0 spiro atoms. The SMILES string of the molecule is NC(=O)[C@@H]1CC(F)CN1Cc1ccc(OCc2cccc(F)c2)cc1. The van der Waals surface area contributed by atoms with E-state index in [1.54, 1.807) is 29.2 Å². The van der Waals surface area contributed by atoms with Crippen molar-refractivity contribution in [1.82, 2.24) is 4.90 Å². The number of rotatable bonds is 6. The zero-order valence-electron chi connectivity index (χ0n) is 13.7. The summed E-state index contributed by atoms with van der Waals surface area (Å²) in [5.74, 6) is -0.128. The number of carbonyl (C=O) groups is 1. The summed E-state index contributed by atoms with van der Waals surface area (Å²) in [5, 5.41) is 0. The van der Waals surface area contributed by atoms with E-state index in [0.717, 1.165) is 11.1 Å². The molecule has 6 heteroatoms. The van der Waals surface area contributed by atoms with Gasteiger partial charge in [0.15, 0.2) is 0 Å². The first kappa shape index (κ1) is 17.4. The Balaban J connectivity index is 1.58. The first-order valence-corrected chi connectivity index (χ1v) is 8.15. The highest BCUT2D eigenvalue weighted by Crippen LogP contribution is 2.23. The van der Waals surface area contributed by atoms with Gasteiger partial charge >= 0.3 is 0 Å². The lowest BCUT2D eigenvalue weighted by Crippen LogP contribution is -2.39. The van der Waals surface area contributed by atoms with Crippen LogP contribution in [0.15, 0.2) is 48.5 Å². The first-order valence-electron chi connectivity index (χ1n) is 8.15. The van der Waals surface area contributed by atoms with Crippen molar-refractivity contribution < 1.29 is 18.3 Å². The minimum Gasteiger partial charge on any atom is -0.489 e. The average molecular weight is 346 g/mol. The van der Waals surface area contributed by atoms with Gasteiger partial charge in [0.05, 0.1) is 6.04 Å². The number of alkyl halides is 1. The standard InChI is InChI=1S/C19H20F2N2O2/c20-15-3-1-2-14(8-15)12-25-17-6-4-13(5-7-17)10-23-11-16(21)9-18(23)19(22)24/h1-8,16,18H,9-12H2,(H2,22,24)/t16?,18-/m0/s1. The summed E-state index contributed by atoms with van der Waals surface area (Å²) in [7, 11) is 0. The molecule has 25 heavy (non-hydrogen) atoms. The van der Waals surface area contributed by atoms with Crippen molar-refractivity contribution in [3.8, 4) is 5.75 Å². The zero-order chi connectivity index (χ0) is 17.8. The summed E-state index contributed by atoms with van der Waals surface area (Å²) >= 11 is 0. The lowest BCUT2D eigenvalue weighted by Gasteiger charge is -2.21. The summed E-state index contributed by atoms with van der Waals surface area (Å²) in [6.45, 7) is 0.945. The van der Waals surface area contributed by atoms with E-state index in [9.17, 15) is 13.6 Å². The van der Waals surface area contributed by atoms with Crippen LogP contribution in [0.5, 0.6) is 5.75 Å². The molecule has 4 nitrogen and oxygen atoms in total. The third kappa shape index (κ3) is 4.54. The van der Waals surface area contributed by atoms with Crippen LogP contribution in [0.1, 0.15) is 17.5 Å². The van der Waals surface area contributed by atoms with Crippen molar-refractivity contribution in [2.75, 3.05) is 6.54 Å². The number of carbonyl (C=O) groups excluding carboxylic acids is 1. The van der Waals surface area contributed by atoms with Crippen LogP contribution in [-0.4, -0.2) is 29.6 Å². The van der Waals surface area contributed by atoms with Gasteiger partial charge in [-0.3, -0.25) is 9.69 Å². The second-order valence-electron chi connectivity index (χ2n) is 6.24. The van der Waals surface area contributed by atoms with Gasteiger partial charge in [-0.2, -0.15) is 0 Å². The van der Waals surface area contributed by atoms with Crippen LogP contribution in [0.2, 0.25) is 0 Å². The van der Waals surface area contributed by atoms with E-state index in [0.29, 0.717) is 12.3 Å². The molecule has 1 saturated heterocycles. The van der Waals surface area contributed by atoms with Crippen LogP contribution in [0.25, 0.3) is 0 Å². The first-order chi connectivity index (χ1) is 12.0. The molecule has 2 aromatic carbocycles. The summed E-state index contributed by atoms with van der Waals surface area (Å²) in [4.78, 5) is 13.2. The molecule has 1 fully saturated rings. The van der Waals surface area contributed by atoms with Gasteiger partial charge in [0.1, 0.15) is 24.3 Å². The lowest BCUT2D eigenvalue weighted by molar-refractivity contribution is -0.122. The van der Waals surface area contributed by atoms with Gasteiger partial charge < -0.3 is 10.5 Å². The van der Waals surface area contributed by atoms with E-state index in [2.05, 4.69) is 0 Å². The van der Waals surface area contributed by atoms with Crippen molar-refractivity contribution in [2.45, 2.75) is 31.8 Å². The molecule has 1 amide bonds. The molecule has 1 aliphatic rings. The number of ether oxygens (including phenoxy) is 1. The molecule has 2 N–H and O–H groups in total. The number of nitrogens with two attached hydrogens (primary N) is 1. The summed E-state index contributed by atoms with van der Waals surface area (Å²) < 4.78 is 32.3. The number of benzene rings is 2. The topological polar surface area (TPSA) is 55.6 Å². The summed E-state index contributed by atoms with van der Waals surface area (Å²) in [6.07, 6.45) is -0.865. The number of primary amides is 1. The largest absolute Gasteiger partial charge is 0.489 e. The fraction of sp³-hybridized carbons (Fsp3) is 0.316. The third-order valence-electron chi connectivity index (χ3n) is 4.28. The van der Waals surface area contributed by atoms with E-state index in [1.165, 1.54) is 12.1 Å². The van der Waals surface area contributed by atoms with Crippen LogP contribution >= 0.6 is 0 Å². The number of amides is 1. The Kier molecular flexibility index (Phi) is 5.28. The highest BCUT2D eigenvalue weighted by atomic mass is 19.1. The molecule has 1 heterocycles. The molecule has 132 valence electrons. The van der Waals surface area contributed by atoms with Gasteiger partial charge in [0.2, 0.25) is 5.91 Å². The Morgan fingerprint density at radius 1 is 1.20 bits per heavy atom. The maximum absolute atomic E-state index is 13.5. The average Bonchev–Trinajstić information content (AvgIpc) is 2.95. The minimum absolute atomic E-state index is 0.157. The van der Waals surface area contributed by atoms with Crippen molar-refractivity contribution in [3.63, 3.8) is 0 Å². The van der Waals surface area contributed by atoms with Crippen LogP contribution in [-0.2, 0) is 17.9 Å². The molecule has 3 rings (SSSR count). The molecule has 2 atom stereocenters. The van der Waals surface area contributed by atoms with Gasteiger partial charge in [0.25, 0.3) is 0 Å². The molecule has 0 saturated carbocycles. The summed E-state index contributed by atoms with van der Waals surface area (Å²) in [6, 6.07) is 13.0. The maximum Gasteiger partial charge on any atom is 0.234 e. The highest BCUT2D eigenvalue weighted by Gasteiger charge is 2.35. The number of hydrogen-bond donors (Lipinski definition) is 1. The van der Waals surface area contributed by atoms with Crippen LogP contribution in [0.4, 0.5) is 8.78 Å². The predicted octanol–water partition coefficient (Wildman–Crippen LogP) is 2.80. The Bertz CT molecular complexity index is 736. The van der Waals surface area contributed by atoms with Crippen molar-refractivity contribution in [3.05, 3.63) is 65.5 Å². The quantitative estimate of drug-likeness (QED) is 0.875. The van der Waals surface area contributed by atoms with Crippen molar-refractivity contribution in [2.24, 2.45) is 5.73 Å².